The fourth-order valence-corrected chi connectivity index (χ4v) is 5.08. The first kappa shape index (κ1) is 15.6. The van der Waals surface area contributed by atoms with Gasteiger partial charge in [-0.15, -0.1) is 0 Å². The molecule has 1 fully saturated rings. The third-order valence-electron chi connectivity index (χ3n) is 6.24. The maximum absolute atomic E-state index is 6.34. The Morgan fingerprint density at radius 3 is 2.72 bits per heavy atom. The van der Waals surface area contributed by atoms with E-state index >= 15 is 0 Å². The third-order valence-corrected chi connectivity index (χ3v) is 6.24. The standard InChI is InChI=1S/C19H23NO5/c1-20-16-7-12(21-2)4-5-19(16)13-8-15-14(24-10-25-15)6-11(13)9-23-17(19)18(20)22-3/h4-6,8,12,16-18H,7,9-10H2,1-3H3. The van der Waals surface area contributed by atoms with Gasteiger partial charge in [0.25, 0.3) is 0 Å². The van der Waals surface area contributed by atoms with Crippen molar-refractivity contribution in [1.29, 1.82) is 0 Å². The minimum absolute atomic E-state index is 0.0607. The molecule has 0 aromatic heterocycles. The lowest BCUT2D eigenvalue weighted by molar-refractivity contribution is -0.106. The number of methoxy groups -OCH3 is 2. The van der Waals surface area contributed by atoms with E-state index < -0.39 is 0 Å². The molecule has 1 aromatic rings. The molecule has 0 bridgehead atoms. The highest BCUT2D eigenvalue weighted by molar-refractivity contribution is 5.56. The van der Waals surface area contributed by atoms with Gasteiger partial charge in [0.05, 0.1) is 18.1 Å². The quantitative estimate of drug-likeness (QED) is 0.762. The topological polar surface area (TPSA) is 49.4 Å². The number of likely N-dealkylation sites (tertiary alicyclic amines) is 1. The van der Waals surface area contributed by atoms with E-state index in [2.05, 4.69) is 36.2 Å². The van der Waals surface area contributed by atoms with Crippen LogP contribution in [0.4, 0.5) is 0 Å². The molecule has 0 N–H and O–H groups in total. The van der Waals surface area contributed by atoms with Gasteiger partial charge in [-0.05, 0) is 36.7 Å². The van der Waals surface area contributed by atoms with Gasteiger partial charge in [0.1, 0.15) is 12.3 Å². The van der Waals surface area contributed by atoms with Crippen molar-refractivity contribution < 1.29 is 23.7 Å². The van der Waals surface area contributed by atoms with E-state index in [1.807, 2.05) is 0 Å². The maximum atomic E-state index is 6.34. The van der Waals surface area contributed by atoms with Crippen molar-refractivity contribution in [3.8, 4) is 11.5 Å². The van der Waals surface area contributed by atoms with Gasteiger partial charge in [-0.25, -0.2) is 0 Å². The number of nitrogens with zero attached hydrogens (tertiary/aromatic N) is 1. The molecule has 6 nitrogen and oxygen atoms in total. The van der Waals surface area contributed by atoms with E-state index in [1.165, 1.54) is 5.56 Å². The molecule has 134 valence electrons. The van der Waals surface area contributed by atoms with E-state index in [-0.39, 0.29) is 36.7 Å². The molecule has 5 atom stereocenters. The fraction of sp³-hybridized carbons (Fsp3) is 0.579. The van der Waals surface area contributed by atoms with Crippen molar-refractivity contribution in [1.82, 2.24) is 4.90 Å². The third kappa shape index (κ3) is 1.94. The monoisotopic (exact) mass is 345 g/mol. The van der Waals surface area contributed by atoms with Crippen LogP contribution in [0.5, 0.6) is 11.5 Å². The molecule has 4 aliphatic rings. The Morgan fingerprint density at radius 2 is 1.96 bits per heavy atom. The van der Waals surface area contributed by atoms with E-state index in [1.54, 1.807) is 14.2 Å². The Morgan fingerprint density at radius 1 is 1.16 bits per heavy atom. The Kier molecular flexibility index (Phi) is 3.41. The van der Waals surface area contributed by atoms with Crippen molar-refractivity contribution in [2.45, 2.75) is 42.9 Å². The van der Waals surface area contributed by atoms with Gasteiger partial charge in [0, 0.05) is 20.3 Å². The minimum atomic E-state index is -0.265. The second kappa shape index (κ2) is 5.45. The smallest absolute Gasteiger partial charge is 0.231 e. The zero-order valence-corrected chi connectivity index (χ0v) is 14.7. The lowest BCUT2D eigenvalue weighted by Gasteiger charge is -2.45. The summed E-state index contributed by atoms with van der Waals surface area (Å²) in [6.07, 6.45) is 5.29. The second-order valence-electron chi connectivity index (χ2n) is 7.20. The van der Waals surface area contributed by atoms with E-state index in [9.17, 15) is 0 Å². The van der Waals surface area contributed by atoms with E-state index in [0.29, 0.717) is 6.61 Å². The zero-order valence-electron chi connectivity index (χ0n) is 14.7. The molecule has 1 spiro atoms. The SMILES string of the molecule is COC1C=CC23c4cc5c(cc4COC2C(OC)N(C)C3C1)OCO5. The van der Waals surface area contributed by atoms with Crippen LogP contribution >= 0.6 is 0 Å². The van der Waals surface area contributed by atoms with Gasteiger partial charge in [-0.3, -0.25) is 4.90 Å². The van der Waals surface area contributed by atoms with Crippen LogP contribution in [-0.4, -0.2) is 57.4 Å². The van der Waals surface area contributed by atoms with Crippen LogP contribution < -0.4 is 9.47 Å². The van der Waals surface area contributed by atoms with Crippen molar-refractivity contribution >= 4 is 0 Å². The van der Waals surface area contributed by atoms with E-state index in [0.717, 1.165) is 23.5 Å². The van der Waals surface area contributed by atoms with Crippen molar-refractivity contribution in [2.75, 3.05) is 28.1 Å². The zero-order chi connectivity index (χ0) is 17.2. The first-order valence-corrected chi connectivity index (χ1v) is 8.70. The van der Waals surface area contributed by atoms with E-state index in [4.69, 9.17) is 23.7 Å². The van der Waals surface area contributed by atoms with Gasteiger partial charge >= 0.3 is 0 Å². The predicted molar refractivity (Wildman–Crippen MR) is 89.7 cm³/mol. The summed E-state index contributed by atoms with van der Waals surface area (Å²) in [4.78, 5) is 2.29. The van der Waals surface area contributed by atoms with Crippen LogP contribution in [0.2, 0.25) is 0 Å². The van der Waals surface area contributed by atoms with Crippen LogP contribution in [0, 0.1) is 0 Å². The van der Waals surface area contributed by atoms with Crippen LogP contribution in [0.3, 0.4) is 0 Å². The maximum Gasteiger partial charge on any atom is 0.231 e. The number of benzene rings is 1. The van der Waals surface area contributed by atoms with Crippen LogP contribution in [-0.2, 0) is 26.2 Å². The largest absolute Gasteiger partial charge is 0.454 e. The highest BCUT2D eigenvalue weighted by atomic mass is 16.7. The Balaban J connectivity index is 1.71. The van der Waals surface area contributed by atoms with Gasteiger partial charge < -0.3 is 23.7 Å². The highest BCUT2D eigenvalue weighted by Gasteiger charge is 2.62. The predicted octanol–water partition coefficient (Wildman–Crippen LogP) is 1.81. The average molecular weight is 345 g/mol. The molecule has 3 aliphatic heterocycles. The van der Waals surface area contributed by atoms with Gasteiger partial charge in [0.15, 0.2) is 11.5 Å². The summed E-state index contributed by atoms with van der Waals surface area (Å²) in [5, 5.41) is 0. The molecule has 1 aromatic carbocycles. The van der Waals surface area contributed by atoms with Gasteiger partial charge in [-0.2, -0.15) is 0 Å². The summed E-state index contributed by atoms with van der Waals surface area (Å²) in [5.74, 6) is 1.62. The number of fused-ring (bicyclic) bond motifs is 2. The lowest BCUT2D eigenvalue weighted by atomic mass is 9.65. The number of ether oxygens (including phenoxy) is 5. The Labute approximate surface area is 147 Å². The number of hydrogen-bond donors (Lipinski definition) is 0. The van der Waals surface area contributed by atoms with Crippen molar-refractivity contribution in [3.63, 3.8) is 0 Å². The molecule has 0 radical (unpaired) electrons. The summed E-state index contributed by atoms with van der Waals surface area (Å²) >= 11 is 0. The Bertz CT molecular complexity index is 735. The van der Waals surface area contributed by atoms with Crippen LogP contribution in [0.25, 0.3) is 0 Å². The second-order valence-corrected chi connectivity index (χ2v) is 7.20. The van der Waals surface area contributed by atoms with Gasteiger partial charge in [0.2, 0.25) is 6.79 Å². The molecule has 1 aliphatic carbocycles. The Hall–Kier alpha value is -1.60. The number of likely N-dealkylation sites (N-methyl/N-ethyl adjacent to an activating group) is 1. The fourth-order valence-electron chi connectivity index (χ4n) is 5.08. The molecule has 1 saturated heterocycles. The molecule has 5 unspecified atom stereocenters. The van der Waals surface area contributed by atoms with Crippen molar-refractivity contribution in [2.24, 2.45) is 0 Å². The van der Waals surface area contributed by atoms with Crippen molar-refractivity contribution in [3.05, 3.63) is 35.4 Å². The molecule has 3 heterocycles. The van der Waals surface area contributed by atoms with Gasteiger partial charge in [-0.1, -0.05) is 12.2 Å². The first-order valence-electron chi connectivity index (χ1n) is 8.70. The molecular weight excluding hydrogens is 322 g/mol. The summed E-state index contributed by atoms with van der Waals surface area (Å²) < 4.78 is 29.0. The number of rotatable bonds is 2. The molecular formula is C19H23NO5. The summed E-state index contributed by atoms with van der Waals surface area (Å²) in [5.41, 5.74) is 2.16. The first-order chi connectivity index (χ1) is 12.2. The van der Waals surface area contributed by atoms with Crippen LogP contribution in [0.1, 0.15) is 17.5 Å². The highest BCUT2D eigenvalue weighted by Crippen LogP contribution is 2.54. The lowest BCUT2D eigenvalue weighted by Crippen LogP contribution is -2.51. The average Bonchev–Trinajstić information content (AvgIpc) is 3.19. The molecule has 6 heteroatoms. The number of hydrogen-bond acceptors (Lipinski definition) is 6. The van der Waals surface area contributed by atoms with Crippen LogP contribution in [0.15, 0.2) is 24.3 Å². The molecule has 25 heavy (non-hydrogen) atoms. The summed E-state index contributed by atoms with van der Waals surface area (Å²) in [6.45, 7) is 0.835. The summed E-state index contributed by atoms with van der Waals surface area (Å²) in [7, 11) is 5.62. The summed E-state index contributed by atoms with van der Waals surface area (Å²) in [6, 6.07) is 4.44. The molecule has 5 rings (SSSR count). The normalized spacial score (nSPS) is 38.4. The molecule has 0 saturated carbocycles. The minimum Gasteiger partial charge on any atom is -0.454 e. The molecule has 0 amide bonds.